The maximum atomic E-state index is 3.76. The van der Waals surface area contributed by atoms with Gasteiger partial charge in [0.25, 0.3) is 0 Å². The Morgan fingerprint density at radius 1 is 0.944 bits per heavy atom. The third-order valence-corrected chi connectivity index (χ3v) is 5.96. The van der Waals surface area contributed by atoms with Gasteiger partial charge in [0.2, 0.25) is 0 Å². The van der Waals surface area contributed by atoms with Gasteiger partial charge in [-0.25, -0.2) is 0 Å². The molecule has 0 aromatic heterocycles. The van der Waals surface area contributed by atoms with Crippen LogP contribution in [0.3, 0.4) is 0 Å². The molecule has 3 aliphatic carbocycles. The van der Waals surface area contributed by atoms with E-state index in [1.807, 2.05) is 0 Å². The second kappa shape index (κ2) is 4.81. The Labute approximate surface area is 113 Å². The molecule has 0 radical (unpaired) electrons. The van der Waals surface area contributed by atoms with E-state index in [9.17, 15) is 0 Å². The quantitative estimate of drug-likeness (QED) is 0.789. The Hall–Kier alpha value is -0.0400. The highest BCUT2D eigenvalue weighted by Gasteiger charge is 2.46. The van der Waals surface area contributed by atoms with E-state index in [-0.39, 0.29) is 0 Å². The molecule has 0 aromatic rings. The maximum absolute atomic E-state index is 3.76. The van der Waals surface area contributed by atoms with E-state index in [4.69, 9.17) is 0 Å². The molecule has 1 nitrogen and oxygen atoms in total. The smallest absolute Gasteiger partial charge is 0.00966 e. The van der Waals surface area contributed by atoms with Crippen LogP contribution in [0.15, 0.2) is 0 Å². The topological polar surface area (TPSA) is 12.0 Å². The predicted molar refractivity (Wildman–Crippen MR) is 77.5 cm³/mol. The Bertz CT molecular complexity index is 290. The summed E-state index contributed by atoms with van der Waals surface area (Å²) in [6.45, 7) is 8.17. The van der Waals surface area contributed by atoms with Crippen LogP contribution in [0, 0.1) is 29.6 Å². The summed E-state index contributed by atoms with van der Waals surface area (Å²) >= 11 is 0. The first-order valence-corrected chi connectivity index (χ1v) is 8.28. The van der Waals surface area contributed by atoms with E-state index in [0.717, 1.165) is 29.6 Å². The van der Waals surface area contributed by atoms with Crippen LogP contribution in [0.2, 0.25) is 0 Å². The molecule has 0 saturated heterocycles. The highest BCUT2D eigenvalue weighted by Crippen LogP contribution is 2.55. The molecule has 0 aromatic carbocycles. The molecule has 1 heteroatoms. The summed E-state index contributed by atoms with van der Waals surface area (Å²) in [5.41, 5.74) is 0.293. The summed E-state index contributed by atoms with van der Waals surface area (Å²) in [7, 11) is 0. The zero-order valence-electron chi connectivity index (χ0n) is 12.5. The molecule has 0 amide bonds. The average Bonchev–Trinajstić information content (AvgIpc) is 3.00. The molecule has 18 heavy (non-hydrogen) atoms. The Morgan fingerprint density at radius 2 is 1.78 bits per heavy atom. The van der Waals surface area contributed by atoms with Gasteiger partial charge in [0, 0.05) is 5.54 Å². The highest BCUT2D eigenvalue weighted by atomic mass is 14.9. The van der Waals surface area contributed by atoms with Gasteiger partial charge in [0.1, 0.15) is 0 Å². The van der Waals surface area contributed by atoms with Gasteiger partial charge in [0.05, 0.1) is 0 Å². The number of rotatable bonds is 3. The van der Waals surface area contributed by atoms with Crippen molar-refractivity contribution in [3.05, 3.63) is 0 Å². The Morgan fingerprint density at radius 3 is 2.39 bits per heavy atom. The van der Waals surface area contributed by atoms with Crippen molar-refractivity contribution < 1.29 is 0 Å². The van der Waals surface area contributed by atoms with Crippen LogP contribution in [0.4, 0.5) is 0 Å². The van der Waals surface area contributed by atoms with E-state index in [0.29, 0.717) is 5.54 Å². The molecule has 1 N–H and O–H groups in total. The predicted octanol–water partition coefficient (Wildman–Crippen LogP) is 4.23. The molecule has 0 aliphatic heterocycles. The molecular formula is C17H31N. The molecule has 5 unspecified atom stereocenters. The van der Waals surface area contributed by atoms with Crippen molar-refractivity contribution in [2.24, 2.45) is 29.6 Å². The number of hydrogen-bond donors (Lipinski definition) is 1. The second-order valence-corrected chi connectivity index (χ2v) is 8.32. The summed E-state index contributed by atoms with van der Waals surface area (Å²) in [6.07, 6.45) is 10.8. The van der Waals surface area contributed by atoms with Gasteiger partial charge in [-0.3, -0.25) is 0 Å². The highest BCUT2D eigenvalue weighted by molar-refractivity contribution is 4.96. The number of nitrogens with one attached hydrogen (secondary N) is 1. The maximum Gasteiger partial charge on any atom is 0.00966 e. The number of hydrogen-bond acceptors (Lipinski definition) is 1. The van der Waals surface area contributed by atoms with Gasteiger partial charge in [0.15, 0.2) is 0 Å². The van der Waals surface area contributed by atoms with E-state index in [1.54, 1.807) is 25.7 Å². The zero-order chi connectivity index (χ0) is 12.8. The van der Waals surface area contributed by atoms with Crippen LogP contribution >= 0.6 is 0 Å². The van der Waals surface area contributed by atoms with Crippen LogP contribution in [-0.2, 0) is 0 Å². The third kappa shape index (κ3) is 2.61. The largest absolute Gasteiger partial charge is 0.312 e. The number of fused-ring (bicyclic) bond motifs is 2. The summed E-state index contributed by atoms with van der Waals surface area (Å²) < 4.78 is 0. The lowest BCUT2D eigenvalue weighted by molar-refractivity contribution is 0.176. The van der Waals surface area contributed by atoms with Crippen molar-refractivity contribution in [3.63, 3.8) is 0 Å². The molecule has 5 atom stereocenters. The van der Waals surface area contributed by atoms with Crippen molar-refractivity contribution in [2.45, 2.75) is 71.3 Å². The first kappa shape index (κ1) is 13.0. The average molecular weight is 249 g/mol. The van der Waals surface area contributed by atoms with Crippen LogP contribution in [0.1, 0.15) is 65.7 Å². The fourth-order valence-corrected chi connectivity index (χ4v) is 5.14. The standard InChI is InChI=1S/C17H31N/c1-17(2,3)18-11-14-5-4-6-15(14)16-10-12-7-8-13(16)9-12/h12-16,18H,4-11H2,1-3H3. The lowest BCUT2D eigenvalue weighted by Gasteiger charge is -2.33. The van der Waals surface area contributed by atoms with E-state index in [1.165, 1.54) is 25.8 Å². The molecule has 104 valence electrons. The Kier molecular flexibility index (Phi) is 3.47. The molecular weight excluding hydrogens is 218 g/mol. The molecule has 3 rings (SSSR count). The van der Waals surface area contributed by atoms with Crippen LogP contribution in [0.5, 0.6) is 0 Å². The van der Waals surface area contributed by atoms with Crippen LogP contribution < -0.4 is 5.32 Å². The fourth-order valence-electron chi connectivity index (χ4n) is 5.14. The first-order valence-electron chi connectivity index (χ1n) is 8.28. The first-order chi connectivity index (χ1) is 8.53. The van der Waals surface area contributed by atoms with Crippen molar-refractivity contribution in [2.75, 3.05) is 6.54 Å². The lowest BCUT2D eigenvalue weighted by Crippen LogP contribution is -2.41. The molecule has 0 spiro atoms. The van der Waals surface area contributed by atoms with E-state index in [2.05, 4.69) is 26.1 Å². The molecule has 3 aliphatic rings. The second-order valence-electron chi connectivity index (χ2n) is 8.32. The van der Waals surface area contributed by atoms with Crippen molar-refractivity contribution in [1.82, 2.24) is 5.32 Å². The van der Waals surface area contributed by atoms with Gasteiger partial charge < -0.3 is 5.32 Å². The van der Waals surface area contributed by atoms with Gasteiger partial charge in [-0.05, 0) is 89.0 Å². The zero-order valence-corrected chi connectivity index (χ0v) is 12.5. The third-order valence-electron chi connectivity index (χ3n) is 5.96. The van der Waals surface area contributed by atoms with Gasteiger partial charge >= 0.3 is 0 Å². The molecule has 2 bridgehead atoms. The Balaban J connectivity index is 1.58. The minimum atomic E-state index is 0.293. The lowest BCUT2D eigenvalue weighted by atomic mass is 9.74. The van der Waals surface area contributed by atoms with Crippen molar-refractivity contribution >= 4 is 0 Å². The van der Waals surface area contributed by atoms with Gasteiger partial charge in [-0.2, -0.15) is 0 Å². The molecule has 0 heterocycles. The summed E-state index contributed by atoms with van der Waals surface area (Å²) in [6, 6.07) is 0. The minimum absolute atomic E-state index is 0.293. The van der Waals surface area contributed by atoms with Crippen molar-refractivity contribution in [1.29, 1.82) is 0 Å². The van der Waals surface area contributed by atoms with Gasteiger partial charge in [-0.15, -0.1) is 0 Å². The van der Waals surface area contributed by atoms with Crippen LogP contribution in [0.25, 0.3) is 0 Å². The van der Waals surface area contributed by atoms with E-state index < -0.39 is 0 Å². The monoisotopic (exact) mass is 249 g/mol. The summed E-state index contributed by atoms with van der Waals surface area (Å²) in [4.78, 5) is 0. The van der Waals surface area contributed by atoms with Crippen LogP contribution in [-0.4, -0.2) is 12.1 Å². The van der Waals surface area contributed by atoms with Gasteiger partial charge in [-0.1, -0.05) is 12.8 Å². The summed E-state index contributed by atoms with van der Waals surface area (Å²) in [5.74, 6) is 5.40. The van der Waals surface area contributed by atoms with Crippen molar-refractivity contribution in [3.8, 4) is 0 Å². The minimum Gasteiger partial charge on any atom is -0.312 e. The van der Waals surface area contributed by atoms with E-state index >= 15 is 0 Å². The molecule has 3 saturated carbocycles. The molecule has 3 fully saturated rings. The SMILES string of the molecule is CC(C)(C)NCC1CCCC1C1CC2CCC1C2. The normalized spacial score (nSPS) is 43.8. The summed E-state index contributed by atoms with van der Waals surface area (Å²) in [5, 5.41) is 3.76. The fraction of sp³-hybridized carbons (Fsp3) is 1.00.